The zero-order valence-electron chi connectivity index (χ0n) is 10.6. The summed E-state index contributed by atoms with van der Waals surface area (Å²) in [6.45, 7) is 3.82. The SMILES string of the molecule is Cc1cc(C)nc(NC(=O)c2ccc(I)c(O)c2)c1. The fourth-order valence-electron chi connectivity index (χ4n) is 1.75. The highest BCUT2D eigenvalue weighted by atomic mass is 127. The Hall–Kier alpha value is -1.63. The number of carbonyl (C=O) groups excluding carboxylic acids is 1. The molecule has 1 heterocycles. The van der Waals surface area contributed by atoms with Crippen molar-refractivity contribution in [2.24, 2.45) is 0 Å². The van der Waals surface area contributed by atoms with E-state index in [2.05, 4.69) is 10.3 Å². The molecule has 0 spiro atoms. The zero-order valence-corrected chi connectivity index (χ0v) is 12.7. The van der Waals surface area contributed by atoms with E-state index in [1.807, 2.05) is 42.5 Å². The summed E-state index contributed by atoms with van der Waals surface area (Å²) in [4.78, 5) is 16.3. The van der Waals surface area contributed by atoms with E-state index < -0.39 is 0 Å². The molecular weight excluding hydrogens is 355 g/mol. The summed E-state index contributed by atoms with van der Waals surface area (Å²) in [7, 11) is 0. The number of phenols is 1. The van der Waals surface area contributed by atoms with Gasteiger partial charge in [-0.15, -0.1) is 0 Å². The first-order valence-corrected chi connectivity index (χ1v) is 6.79. The molecule has 4 nitrogen and oxygen atoms in total. The highest BCUT2D eigenvalue weighted by molar-refractivity contribution is 14.1. The lowest BCUT2D eigenvalue weighted by molar-refractivity contribution is 0.102. The van der Waals surface area contributed by atoms with E-state index in [0.717, 1.165) is 11.3 Å². The molecule has 0 fully saturated rings. The van der Waals surface area contributed by atoms with Gasteiger partial charge in [0.15, 0.2) is 0 Å². The number of aromatic nitrogens is 1. The molecule has 0 radical (unpaired) electrons. The van der Waals surface area contributed by atoms with Crippen molar-refractivity contribution in [3.8, 4) is 5.75 Å². The predicted molar refractivity (Wildman–Crippen MR) is 82.5 cm³/mol. The third-order valence-electron chi connectivity index (χ3n) is 2.55. The lowest BCUT2D eigenvalue weighted by atomic mass is 10.2. The number of phenolic OH excluding ortho intramolecular Hbond substituents is 1. The predicted octanol–water partition coefficient (Wildman–Crippen LogP) is 3.26. The maximum absolute atomic E-state index is 12.0. The number of hydrogen-bond acceptors (Lipinski definition) is 3. The highest BCUT2D eigenvalue weighted by Crippen LogP contribution is 2.21. The molecule has 0 saturated carbocycles. The molecule has 1 amide bonds. The highest BCUT2D eigenvalue weighted by Gasteiger charge is 2.09. The smallest absolute Gasteiger partial charge is 0.256 e. The zero-order chi connectivity index (χ0) is 14.0. The van der Waals surface area contributed by atoms with Gasteiger partial charge in [0.25, 0.3) is 5.91 Å². The van der Waals surface area contributed by atoms with E-state index >= 15 is 0 Å². The first-order chi connectivity index (χ1) is 8.95. The van der Waals surface area contributed by atoms with Crippen LogP contribution in [-0.4, -0.2) is 16.0 Å². The van der Waals surface area contributed by atoms with E-state index in [1.165, 1.54) is 6.07 Å². The number of rotatable bonds is 2. The quantitative estimate of drug-likeness (QED) is 0.800. The van der Waals surface area contributed by atoms with Crippen LogP contribution in [0.2, 0.25) is 0 Å². The average molecular weight is 368 g/mol. The van der Waals surface area contributed by atoms with Crippen molar-refractivity contribution in [3.63, 3.8) is 0 Å². The molecule has 2 aromatic rings. The van der Waals surface area contributed by atoms with Crippen LogP contribution in [0.3, 0.4) is 0 Å². The standard InChI is InChI=1S/C14H13IN2O2/c1-8-5-9(2)16-13(6-8)17-14(19)10-3-4-11(15)12(18)7-10/h3-7,18H,1-2H3,(H,16,17,19). The van der Waals surface area contributed by atoms with Gasteiger partial charge in [-0.2, -0.15) is 0 Å². The second-order valence-corrected chi connectivity index (χ2v) is 5.45. The van der Waals surface area contributed by atoms with E-state index in [-0.39, 0.29) is 11.7 Å². The monoisotopic (exact) mass is 368 g/mol. The average Bonchev–Trinajstić information content (AvgIpc) is 2.31. The number of hydrogen-bond donors (Lipinski definition) is 2. The van der Waals surface area contributed by atoms with Crippen LogP contribution < -0.4 is 5.32 Å². The second-order valence-electron chi connectivity index (χ2n) is 4.29. The number of anilines is 1. The minimum absolute atomic E-state index is 0.0987. The van der Waals surface area contributed by atoms with Gasteiger partial charge in [0.2, 0.25) is 0 Å². The molecule has 98 valence electrons. The van der Waals surface area contributed by atoms with Gasteiger partial charge in [-0.05, 0) is 72.3 Å². The first kappa shape index (κ1) is 13.8. The summed E-state index contributed by atoms with van der Waals surface area (Å²) in [5, 5.41) is 12.3. The molecule has 0 bridgehead atoms. The Morgan fingerprint density at radius 3 is 2.63 bits per heavy atom. The minimum atomic E-state index is -0.288. The molecule has 1 aromatic carbocycles. The Bertz CT molecular complexity index is 621. The van der Waals surface area contributed by atoms with Crippen molar-refractivity contribution in [1.29, 1.82) is 0 Å². The van der Waals surface area contributed by atoms with Crippen LogP contribution >= 0.6 is 22.6 Å². The van der Waals surface area contributed by atoms with E-state index in [1.54, 1.807) is 18.2 Å². The fraction of sp³-hybridized carbons (Fsp3) is 0.143. The van der Waals surface area contributed by atoms with Crippen LogP contribution in [0.25, 0.3) is 0 Å². The van der Waals surface area contributed by atoms with Gasteiger partial charge >= 0.3 is 0 Å². The largest absolute Gasteiger partial charge is 0.507 e. The lowest BCUT2D eigenvalue weighted by Gasteiger charge is -2.07. The molecule has 0 saturated heterocycles. The molecule has 1 aromatic heterocycles. The van der Waals surface area contributed by atoms with Gasteiger partial charge in [0, 0.05) is 11.3 Å². The maximum Gasteiger partial charge on any atom is 0.256 e. The Labute approximate surface area is 125 Å². The Balaban J connectivity index is 2.22. The summed E-state index contributed by atoms with van der Waals surface area (Å²) in [6.07, 6.45) is 0. The van der Waals surface area contributed by atoms with Crippen molar-refractivity contribution >= 4 is 34.3 Å². The van der Waals surface area contributed by atoms with Crippen molar-refractivity contribution < 1.29 is 9.90 Å². The van der Waals surface area contributed by atoms with Crippen LogP contribution in [0.1, 0.15) is 21.6 Å². The molecule has 19 heavy (non-hydrogen) atoms. The van der Waals surface area contributed by atoms with Crippen LogP contribution in [0.4, 0.5) is 5.82 Å². The molecule has 2 rings (SSSR count). The molecule has 0 aliphatic carbocycles. The minimum Gasteiger partial charge on any atom is -0.507 e. The number of aromatic hydroxyl groups is 1. The third-order valence-corrected chi connectivity index (χ3v) is 3.46. The number of amides is 1. The molecule has 0 atom stereocenters. The topological polar surface area (TPSA) is 62.2 Å². The Morgan fingerprint density at radius 1 is 1.26 bits per heavy atom. The van der Waals surface area contributed by atoms with Crippen LogP contribution in [0.15, 0.2) is 30.3 Å². The summed E-state index contributed by atoms with van der Waals surface area (Å²) in [5.74, 6) is 0.325. The third kappa shape index (κ3) is 3.44. The van der Waals surface area contributed by atoms with Crippen LogP contribution in [0, 0.1) is 17.4 Å². The second kappa shape index (κ2) is 5.56. The summed E-state index contributed by atoms with van der Waals surface area (Å²) in [6, 6.07) is 8.54. The van der Waals surface area contributed by atoms with Gasteiger partial charge < -0.3 is 10.4 Å². The van der Waals surface area contributed by atoms with E-state index in [4.69, 9.17) is 0 Å². The van der Waals surface area contributed by atoms with Gasteiger partial charge in [-0.3, -0.25) is 4.79 Å². The van der Waals surface area contributed by atoms with Crippen molar-refractivity contribution in [3.05, 3.63) is 50.7 Å². The molecule has 5 heteroatoms. The summed E-state index contributed by atoms with van der Waals surface area (Å²) in [5.41, 5.74) is 2.29. The first-order valence-electron chi connectivity index (χ1n) is 5.71. The maximum atomic E-state index is 12.0. The van der Waals surface area contributed by atoms with Crippen LogP contribution in [0.5, 0.6) is 5.75 Å². The summed E-state index contributed by atoms with van der Waals surface area (Å²) < 4.78 is 0.707. The number of nitrogens with one attached hydrogen (secondary N) is 1. The Morgan fingerprint density at radius 2 is 2.00 bits per heavy atom. The fourth-order valence-corrected chi connectivity index (χ4v) is 2.08. The molecule has 0 aliphatic heterocycles. The van der Waals surface area contributed by atoms with Crippen molar-refractivity contribution in [1.82, 2.24) is 4.98 Å². The lowest BCUT2D eigenvalue weighted by Crippen LogP contribution is -2.13. The van der Waals surface area contributed by atoms with E-state index in [0.29, 0.717) is 15.0 Å². The van der Waals surface area contributed by atoms with Gasteiger partial charge in [-0.1, -0.05) is 0 Å². The summed E-state index contributed by atoms with van der Waals surface area (Å²) >= 11 is 2.00. The Kier molecular flexibility index (Phi) is 4.04. The van der Waals surface area contributed by atoms with E-state index in [9.17, 15) is 9.90 Å². The number of nitrogens with zero attached hydrogens (tertiary/aromatic N) is 1. The van der Waals surface area contributed by atoms with Crippen molar-refractivity contribution in [2.45, 2.75) is 13.8 Å². The van der Waals surface area contributed by atoms with Gasteiger partial charge in [0.05, 0.1) is 3.57 Å². The van der Waals surface area contributed by atoms with Crippen LogP contribution in [-0.2, 0) is 0 Å². The number of halogens is 1. The van der Waals surface area contributed by atoms with Gasteiger partial charge in [-0.25, -0.2) is 4.98 Å². The molecule has 0 unspecified atom stereocenters. The number of aryl methyl sites for hydroxylation is 2. The molecule has 2 N–H and O–H groups in total. The molecule has 0 aliphatic rings. The number of pyridine rings is 1. The number of benzene rings is 1. The number of carbonyl (C=O) groups is 1. The van der Waals surface area contributed by atoms with Crippen molar-refractivity contribution in [2.75, 3.05) is 5.32 Å². The van der Waals surface area contributed by atoms with Gasteiger partial charge in [0.1, 0.15) is 11.6 Å². The normalized spacial score (nSPS) is 10.3. The molecular formula is C14H13IN2O2.